The number of rotatable bonds is 4. The lowest BCUT2D eigenvalue weighted by molar-refractivity contribution is 0.412. The number of ether oxygens (including phenoxy) is 1. The second-order valence-electron chi connectivity index (χ2n) is 3.95. The first-order chi connectivity index (χ1) is 8.60. The van der Waals surface area contributed by atoms with Crippen LogP contribution in [0.3, 0.4) is 0 Å². The molecule has 0 fully saturated rings. The summed E-state index contributed by atoms with van der Waals surface area (Å²) >= 11 is 3.42. The van der Waals surface area contributed by atoms with Crippen molar-refractivity contribution in [3.8, 4) is 5.75 Å². The Morgan fingerprint density at radius 1 is 1.39 bits per heavy atom. The number of methoxy groups -OCH3 is 1. The maximum Gasteiger partial charge on any atom is 0.213 e. The molecule has 0 aliphatic heterocycles. The minimum absolute atomic E-state index is 0.555. The first kappa shape index (κ1) is 13.0. The molecule has 0 spiro atoms. The molecule has 1 heterocycles. The molecule has 5 heteroatoms. The third-order valence-corrected chi connectivity index (χ3v) is 3.32. The fourth-order valence-corrected chi connectivity index (χ4v) is 1.97. The maximum atomic E-state index is 5.50. The monoisotopic (exact) mass is 310 g/mol. The van der Waals surface area contributed by atoms with Gasteiger partial charge in [0.1, 0.15) is 11.5 Å². The van der Waals surface area contributed by atoms with Crippen molar-refractivity contribution in [1.29, 1.82) is 0 Å². The number of aromatic nitrogens is 1. The van der Waals surface area contributed by atoms with Crippen LogP contribution in [0.4, 0.5) is 5.69 Å². The summed E-state index contributed by atoms with van der Waals surface area (Å²) in [5, 5.41) is 3.25. The van der Waals surface area contributed by atoms with E-state index in [-0.39, 0.29) is 0 Å². The normalized spacial score (nSPS) is 10.4. The van der Waals surface area contributed by atoms with E-state index in [0.717, 1.165) is 27.4 Å². The molecule has 0 saturated carbocycles. The van der Waals surface area contributed by atoms with Crippen LogP contribution >= 0.6 is 15.9 Å². The van der Waals surface area contributed by atoms with Gasteiger partial charge in [0.05, 0.1) is 23.8 Å². The van der Waals surface area contributed by atoms with Crippen LogP contribution in [0, 0.1) is 13.8 Å². The molecular formula is C13H15BrN2O2. The summed E-state index contributed by atoms with van der Waals surface area (Å²) in [5.74, 6) is 2.34. The van der Waals surface area contributed by atoms with Crippen molar-refractivity contribution in [2.45, 2.75) is 20.4 Å². The number of oxazole rings is 1. The highest BCUT2D eigenvalue weighted by Crippen LogP contribution is 2.28. The number of halogens is 1. The van der Waals surface area contributed by atoms with E-state index in [1.54, 1.807) is 7.11 Å². The van der Waals surface area contributed by atoms with E-state index in [9.17, 15) is 0 Å². The van der Waals surface area contributed by atoms with E-state index in [4.69, 9.17) is 9.15 Å². The van der Waals surface area contributed by atoms with Gasteiger partial charge in [-0.25, -0.2) is 4.98 Å². The van der Waals surface area contributed by atoms with Gasteiger partial charge in [0.15, 0.2) is 0 Å². The fraction of sp³-hybridized carbons (Fsp3) is 0.308. The third-order valence-electron chi connectivity index (χ3n) is 2.67. The van der Waals surface area contributed by atoms with E-state index in [1.807, 2.05) is 32.0 Å². The Bertz CT molecular complexity index is 532. The summed E-state index contributed by atoms with van der Waals surface area (Å²) in [7, 11) is 1.64. The van der Waals surface area contributed by atoms with Crippen LogP contribution in [0.25, 0.3) is 0 Å². The van der Waals surface area contributed by atoms with Gasteiger partial charge in [0.2, 0.25) is 5.89 Å². The van der Waals surface area contributed by atoms with E-state index < -0.39 is 0 Å². The molecule has 96 valence electrons. The van der Waals surface area contributed by atoms with Crippen molar-refractivity contribution in [3.05, 3.63) is 40.0 Å². The fourth-order valence-electron chi connectivity index (χ4n) is 1.56. The molecule has 0 unspecified atom stereocenters. The summed E-state index contributed by atoms with van der Waals surface area (Å²) in [6.45, 7) is 4.40. The molecule has 1 aromatic carbocycles. The SMILES string of the molecule is COc1cc(NCc2nc(C)c(C)o2)ccc1Br. The van der Waals surface area contributed by atoms with Crippen molar-refractivity contribution in [3.63, 3.8) is 0 Å². The molecule has 0 saturated heterocycles. The number of anilines is 1. The van der Waals surface area contributed by atoms with E-state index in [1.165, 1.54) is 0 Å². The predicted octanol–water partition coefficient (Wildman–Crippen LogP) is 3.67. The molecule has 0 aliphatic carbocycles. The van der Waals surface area contributed by atoms with Crippen LogP contribution in [-0.2, 0) is 6.54 Å². The smallest absolute Gasteiger partial charge is 0.213 e. The Morgan fingerprint density at radius 2 is 2.17 bits per heavy atom. The lowest BCUT2D eigenvalue weighted by Gasteiger charge is -2.07. The summed E-state index contributed by atoms with van der Waals surface area (Å²) < 4.78 is 11.7. The van der Waals surface area contributed by atoms with Crippen molar-refractivity contribution in [2.24, 2.45) is 0 Å². The van der Waals surface area contributed by atoms with Crippen molar-refractivity contribution < 1.29 is 9.15 Å². The van der Waals surface area contributed by atoms with Crippen LogP contribution in [0.2, 0.25) is 0 Å². The molecule has 0 atom stereocenters. The third kappa shape index (κ3) is 2.85. The van der Waals surface area contributed by atoms with E-state index >= 15 is 0 Å². The number of hydrogen-bond acceptors (Lipinski definition) is 4. The second kappa shape index (κ2) is 5.44. The molecule has 1 aromatic heterocycles. The minimum Gasteiger partial charge on any atom is -0.495 e. The van der Waals surface area contributed by atoms with Crippen molar-refractivity contribution >= 4 is 21.6 Å². The molecule has 2 aromatic rings. The number of hydrogen-bond donors (Lipinski definition) is 1. The quantitative estimate of drug-likeness (QED) is 0.936. The number of nitrogens with zero attached hydrogens (tertiary/aromatic N) is 1. The predicted molar refractivity (Wildman–Crippen MR) is 74.0 cm³/mol. The molecular weight excluding hydrogens is 296 g/mol. The number of aryl methyl sites for hydroxylation is 2. The summed E-state index contributed by atoms with van der Waals surface area (Å²) in [4.78, 5) is 4.32. The first-order valence-corrected chi connectivity index (χ1v) is 6.39. The standard InChI is InChI=1S/C13H15BrN2O2/c1-8-9(2)18-13(16-8)7-15-10-4-5-11(14)12(6-10)17-3/h4-6,15H,7H2,1-3H3. The Morgan fingerprint density at radius 3 is 2.78 bits per heavy atom. The van der Waals surface area contributed by atoms with E-state index in [2.05, 4.69) is 26.2 Å². The maximum absolute atomic E-state index is 5.50. The van der Waals surface area contributed by atoms with Gasteiger partial charge in [-0.05, 0) is 41.9 Å². The van der Waals surface area contributed by atoms with Crippen LogP contribution in [0.5, 0.6) is 5.75 Å². The topological polar surface area (TPSA) is 47.3 Å². The highest BCUT2D eigenvalue weighted by atomic mass is 79.9. The Balaban J connectivity index is 2.06. The molecule has 2 rings (SSSR count). The number of benzene rings is 1. The zero-order valence-electron chi connectivity index (χ0n) is 10.6. The molecule has 0 radical (unpaired) electrons. The Hall–Kier alpha value is -1.49. The highest BCUT2D eigenvalue weighted by Gasteiger charge is 2.06. The Kier molecular flexibility index (Phi) is 3.91. The average molecular weight is 311 g/mol. The molecule has 0 amide bonds. The number of nitrogens with one attached hydrogen (secondary N) is 1. The Labute approximate surface area is 114 Å². The highest BCUT2D eigenvalue weighted by molar-refractivity contribution is 9.10. The van der Waals surface area contributed by atoms with Crippen molar-refractivity contribution in [2.75, 3.05) is 12.4 Å². The van der Waals surface area contributed by atoms with Gasteiger partial charge in [0.25, 0.3) is 0 Å². The molecule has 18 heavy (non-hydrogen) atoms. The van der Waals surface area contributed by atoms with Crippen LogP contribution < -0.4 is 10.1 Å². The van der Waals surface area contributed by atoms with Gasteiger partial charge in [0, 0.05) is 11.8 Å². The van der Waals surface area contributed by atoms with Gasteiger partial charge < -0.3 is 14.5 Å². The van der Waals surface area contributed by atoms with Gasteiger partial charge in [-0.15, -0.1) is 0 Å². The first-order valence-electron chi connectivity index (χ1n) is 5.60. The van der Waals surface area contributed by atoms with Gasteiger partial charge >= 0.3 is 0 Å². The average Bonchev–Trinajstić information content (AvgIpc) is 2.68. The van der Waals surface area contributed by atoms with Gasteiger partial charge in [-0.2, -0.15) is 0 Å². The molecule has 4 nitrogen and oxygen atoms in total. The second-order valence-corrected chi connectivity index (χ2v) is 4.81. The zero-order valence-corrected chi connectivity index (χ0v) is 12.2. The summed E-state index contributed by atoms with van der Waals surface area (Å²) in [6, 6.07) is 5.83. The minimum atomic E-state index is 0.555. The van der Waals surface area contributed by atoms with Crippen LogP contribution in [-0.4, -0.2) is 12.1 Å². The lowest BCUT2D eigenvalue weighted by Crippen LogP contribution is -2.00. The lowest BCUT2D eigenvalue weighted by atomic mass is 10.3. The largest absolute Gasteiger partial charge is 0.495 e. The van der Waals surface area contributed by atoms with E-state index in [0.29, 0.717) is 12.4 Å². The van der Waals surface area contributed by atoms with Crippen LogP contribution in [0.15, 0.2) is 27.1 Å². The van der Waals surface area contributed by atoms with Gasteiger partial charge in [-0.3, -0.25) is 0 Å². The zero-order chi connectivity index (χ0) is 13.1. The molecule has 0 aliphatic rings. The molecule has 0 bridgehead atoms. The van der Waals surface area contributed by atoms with Gasteiger partial charge in [-0.1, -0.05) is 0 Å². The molecule has 1 N–H and O–H groups in total. The summed E-state index contributed by atoms with van der Waals surface area (Å²) in [5.41, 5.74) is 1.89. The van der Waals surface area contributed by atoms with Crippen molar-refractivity contribution in [1.82, 2.24) is 4.98 Å². The summed E-state index contributed by atoms with van der Waals surface area (Å²) in [6.07, 6.45) is 0. The van der Waals surface area contributed by atoms with Crippen LogP contribution in [0.1, 0.15) is 17.3 Å².